The van der Waals surface area contributed by atoms with Gasteiger partial charge in [-0.2, -0.15) is 0 Å². The number of hydrogen-bond acceptors (Lipinski definition) is 8. The molecule has 4 N–H and O–H groups in total. The van der Waals surface area contributed by atoms with Crippen LogP contribution < -0.4 is 25.4 Å². The third-order valence-electron chi connectivity index (χ3n) is 14.3. The van der Waals surface area contributed by atoms with E-state index in [1.165, 1.54) is 0 Å². The lowest BCUT2D eigenvalue weighted by Crippen LogP contribution is -2.74. The van der Waals surface area contributed by atoms with Crippen LogP contribution in [0.1, 0.15) is 101 Å². The Labute approximate surface area is 417 Å². The second-order valence-corrected chi connectivity index (χ2v) is 21.8. The molecule has 2 fully saturated rings. The molecule has 4 aromatic carbocycles. The molecule has 13 heteroatoms. The zero-order valence-corrected chi connectivity index (χ0v) is 42.9. The van der Waals surface area contributed by atoms with Crippen molar-refractivity contribution in [2.45, 2.75) is 112 Å². The molecule has 1 unspecified atom stereocenters. The molecule has 3 amide bonds. The maximum atomic E-state index is 14.2. The second-order valence-electron chi connectivity index (χ2n) is 21.4. The van der Waals surface area contributed by atoms with Gasteiger partial charge in [0.1, 0.15) is 30.8 Å². The van der Waals surface area contributed by atoms with E-state index in [0.29, 0.717) is 22.1 Å². The van der Waals surface area contributed by atoms with Gasteiger partial charge in [-0.25, -0.2) is 0 Å². The fraction of sp³-hybridized carbons (Fsp3) is 0.439. The Hall–Kier alpha value is -5.95. The van der Waals surface area contributed by atoms with Gasteiger partial charge in [0.25, 0.3) is 5.91 Å². The first-order valence-electron chi connectivity index (χ1n) is 24.2. The van der Waals surface area contributed by atoms with Gasteiger partial charge >= 0.3 is 0 Å². The van der Waals surface area contributed by atoms with Crippen molar-refractivity contribution in [3.8, 4) is 28.3 Å². The lowest BCUT2D eigenvalue weighted by molar-refractivity contribution is -0.164. The Kier molecular flexibility index (Phi) is 15.7. The molecule has 7 rings (SSSR count). The van der Waals surface area contributed by atoms with Crippen LogP contribution in [0.3, 0.4) is 0 Å². The molecule has 2 aliphatic carbocycles. The number of carbonyl (C=O) groups excluding carboxylic acids is 4. The average Bonchev–Trinajstić information content (AvgIpc) is 3.94. The first-order valence-corrected chi connectivity index (χ1v) is 24.6. The topological polar surface area (TPSA) is 157 Å². The largest absolute Gasteiger partial charge is 0.491 e. The number of aliphatic hydroxyl groups is 1. The van der Waals surface area contributed by atoms with Gasteiger partial charge in [0.2, 0.25) is 11.8 Å². The summed E-state index contributed by atoms with van der Waals surface area (Å²) in [6.45, 7) is 19.9. The van der Waals surface area contributed by atoms with Crippen molar-refractivity contribution in [3.63, 3.8) is 0 Å². The summed E-state index contributed by atoms with van der Waals surface area (Å²) >= 11 is 6.36. The number of amides is 3. The number of hydrogen-bond donors (Lipinski definition) is 4. The second kappa shape index (κ2) is 21.2. The van der Waals surface area contributed by atoms with Crippen LogP contribution >= 0.6 is 11.6 Å². The maximum absolute atomic E-state index is 14.2. The molecule has 0 radical (unpaired) electrons. The van der Waals surface area contributed by atoms with Crippen LogP contribution in [-0.2, 0) is 19.1 Å². The zero-order chi connectivity index (χ0) is 50.7. The van der Waals surface area contributed by atoms with Crippen molar-refractivity contribution in [2.24, 2.45) is 28.1 Å². The van der Waals surface area contributed by atoms with Gasteiger partial charge in [0, 0.05) is 51.0 Å². The number of aryl methyl sites for hydroxylation is 2. The monoisotopic (exact) mass is 972 g/mol. The van der Waals surface area contributed by atoms with Crippen molar-refractivity contribution in [1.29, 1.82) is 0 Å². The van der Waals surface area contributed by atoms with E-state index < -0.39 is 35.3 Å². The van der Waals surface area contributed by atoms with Gasteiger partial charge in [0.15, 0.2) is 5.78 Å². The summed E-state index contributed by atoms with van der Waals surface area (Å²) in [6, 6.07) is 31.4. The predicted octanol–water partition coefficient (Wildman–Crippen LogP) is 9.79. The summed E-state index contributed by atoms with van der Waals surface area (Å²) in [4.78, 5) is 54.6. The number of ketones is 1. The van der Waals surface area contributed by atoms with Gasteiger partial charge in [-0.1, -0.05) is 103 Å². The van der Waals surface area contributed by atoms with Gasteiger partial charge in [-0.15, -0.1) is 0 Å². The van der Waals surface area contributed by atoms with E-state index in [-0.39, 0.29) is 79.3 Å². The number of nitrogens with one attached hydrogen (secondary N) is 3. The molecule has 2 saturated carbocycles. The summed E-state index contributed by atoms with van der Waals surface area (Å²) in [6.07, 6.45) is 1.35. The standard InChI is InChI=1S/C57H69ClN4O8/c1-34-13-24-44(32-47(34)58)70-54-56(7,8)53(57(54,9)10)61-51(66)40-16-14-38(15-17-40)39-20-25-43(26-21-39)69-29-28-68-33-48(64)60-50(55(4,5)6)49(65)45-30-42(63)31-46(45)52(67)59-36(3)37-18-22-41(23-19-37)62-27-11-12-35(62)2/h11-27,32,36,42,45-46,50,53-54,63H,28-31,33H2,1-10H3,(H,59,67)(H,60,64)(H,61,66)/t36-,42-,45?,46+,50+,53?,54?/m0/s1. The van der Waals surface area contributed by atoms with Crippen LogP contribution in [0, 0.1) is 41.9 Å². The number of carbonyl (C=O) groups is 4. The van der Waals surface area contributed by atoms with Crippen LogP contribution in [-0.4, -0.2) is 77.3 Å². The van der Waals surface area contributed by atoms with E-state index in [9.17, 15) is 24.3 Å². The number of ether oxygens (including phenoxy) is 3. The minimum Gasteiger partial charge on any atom is -0.491 e. The van der Waals surface area contributed by atoms with E-state index >= 15 is 0 Å². The van der Waals surface area contributed by atoms with Gasteiger partial charge in [-0.05, 0) is 122 Å². The lowest BCUT2D eigenvalue weighted by Gasteiger charge is -2.63. The number of nitrogens with zero attached hydrogens (tertiary/aromatic N) is 1. The minimum absolute atomic E-state index is 0.121. The SMILES string of the molecule is Cc1ccc(OC2C(C)(C)C(NC(=O)c3ccc(-c4ccc(OCCOCC(=O)N[C@H](C(=O)C5C[C@H](O)C[C@H]5C(=O)N[C@@H](C)c5ccc(-n6cccc6C)cc5)C(C)(C)C)cc4)cc3)C2(C)C)cc1Cl. The molecule has 0 spiro atoms. The molecule has 1 heterocycles. The third kappa shape index (κ3) is 11.6. The Morgan fingerprint density at radius 1 is 0.800 bits per heavy atom. The number of Topliss-reactive ketones (excluding diaryl/α,β-unsaturated/α-hetero) is 1. The zero-order valence-electron chi connectivity index (χ0n) is 42.1. The average molecular weight is 974 g/mol. The fourth-order valence-corrected chi connectivity index (χ4v) is 10.7. The number of rotatable bonds is 18. The molecule has 0 bridgehead atoms. The molecule has 2 aliphatic rings. The molecule has 0 aliphatic heterocycles. The van der Waals surface area contributed by atoms with Gasteiger partial charge < -0.3 is 39.8 Å². The van der Waals surface area contributed by atoms with Crippen molar-refractivity contribution < 1.29 is 38.5 Å². The first kappa shape index (κ1) is 51.9. The number of aliphatic hydroxyl groups excluding tert-OH is 1. The van der Waals surface area contributed by atoms with Crippen molar-refractivity contribution in [2.75, 3.05) is 19.8 Å². The van der Waals surface area contributed by atoms with Crippen LogP contribution in [0.15, 0.2) is 109 Å². The fourth-order valence-electron chi connectivity index (χ4n) is 10.6. The lowest BCUT2D eigenvalue weighted by atomic mass is 9.49. The Balaban J connectivity index is 0.847. The van der Waals surface area contributed by atoms with Gasteiger partial charge in [0.05, 0.1) is 30.7 Å². The van der Waals surface area contributed by atoms with Crippen molar-refractivity contribution in [3.05, 3.63) is 137 Å². The molecule has 5 atom stereocenters. The highest BCUT2D eigenvalue weighted by Gasteiger charge is 2.64. The van der Waals surface area contributed by atoms with Crippen LogP contribution in [0.4, 0.5) is 0 Å². The first-order chi connectivity index (χ1) is 33.0. The summed E-state index contributed by atoms with van der Waals surface area (Å²) in [5.74, 6) is -1.37. The van der Waals surface area contributed by atoms with Gasteiger partial charge in [-0.3, -0.25) is 19.2 Å². The molecule has 5 aromatic rings. The molecule has 70 heavy (non-hydrogen) atoms. The van der Waals surface area contributed by atoms with E-state index in [1.807, 2.05) is 151 Å². The summed E-state index contributed by atoms with van der Waals surface area (Å²) in [5.41, 5.74) is 5.15. The van der Waals surface area contributed by atoms with E-state index in [4.69, 9.17) is 25.8 Å². The predicted molar refractivity (Wildman–Crippen MR) is 273 cm³/mol. The quantitative estimate of drug-likeness (QED) is 0.0633. The smallest absolute Gasteiger partial charge is 0.251 e. The maximum Gasteiger partial charge on any atom is 0.251 e. The Morgan fingerprint density at radius 2 is 1.41 bits per heavy atom. The normalized spacial score (nSPS) is 21.2. The molecule has 1 aromatic heterocycles. The third-order valence-corrected chi connectivity index (χ3v) is 14.7. The number of halogens is 1. The summed E-state index contributed by atoms with van der Waals surface area (Å²) in [5, 5.41) is 20.6. The van der Waals surface area contributed by atoms with E-state index in [2.05, 4.69) is 48.2 Å². The molecular weight excluding hydrogens is 904 g/mol. The summed E-state index contributed by atoms with van der Waals surface area (Å²) in [7, 11) is 0. The van der Waals surface area contributed by atoms with Crippen molar-refractivity contribution in [1.82, 2.24) is 20.5 Å². The minimum atomic E-state index is -0.911. The Bertz CT molecular complexity index is 2640. The number of aromatic nitrogens is 1. The Morgan fingerprint density at radius 3 is 2.01 bits per heavy atom. The molecule has 372 valence electrons. The van der Waals surface area contributed by atoms with Crippen LogP contribution in [0.5, 0.6) is 11.5 Å². The number of benzene rings is 4. The van der Waals surface area contributed by atoms with Crippen LogP contribution in [0.25, 0.3) is 16.8 Å². The van der Waals surface area contributed by atoms with E-state index in [1.54, 1.807) is 0 Å². The summed E-state index contributed by atoms with van der Waals surface area (Å²) < 4.78 is 20.1. The van der Waals surface area contributed by atoms with Crippen LogP contribution in [0.2, 0.25) is 5.02 Å². The van der Waals surface area contributed by atoms with Crippen molar-refractivity contribution >= 4 is 35.1 Å². The molecular formula is C57H69ClN4O8. The molecule has 12 nitrogen and oxygen atoms in total. The highest BCUT2D eigenvalue weighted by Crippen LogP contribution is 2.55. The van der Waals surface area contributed by atoms with E-state index in [0.717, 1.165) is 33.6 Å². The highest BCUT2D eigenvalue weighted by atomic mass is 35.5. The molecule has 0 saturated heterocycles. The highest BCUT2D eigenvalue weighted by molar-refractivity contribution is 6.31.